The molecule has 1 atom stereocenters. The number of rotatable bonds is 8. The fraction of sp³-hybridized carbons (Fsp3) is 0.133. The number of Topliss-reactive ketones (excluding diaryl/α,β-unsaturated/α-hetero) is 1. The summed E-state index contributed by atoms with van der Waals surface area (Å²) >= 11 is 8.19. The van der Waals surface area contributed by atoms with E-state index in [0.717, 1.165) is 33.0 Å². The molecule has 1 aromatic heterocycles. The predicted octanol–water partition coefficient (Wildman–Crippen LogP) is 7.73. The Kier molecular flexibility index (Phi) is 9.15. The van der Waals surface area contributed by atoms with E-state index in [0.29, 0.717) is 21.2 Å². The summed E-state index contributed by atoms with van der Waals surface area (Å²) in [5, 5.41) is 21.4. The Labute approximate surface area is 241 Å². The van der Waals surface area contributed by atoms with Gasteiger partial charge < -0.3 is 16.0 Å². The molecule has 1 amide bonds. The van der Waals surface area contributed by atoms with E-state index >= 15 is 0 Å². The van der Waals surface area contributed by atoms with Crippen LogP contribution in [0.25, 0.3) is 11.1 Å². The summed E-state index contributed by atoms with van der Waals surface area (Å²) in [4.78, 5) is 25.4. The average molecular weight is 571 g/mol. The van der Waals surface area contributed by atoms with E-state index in [2.05, 4.69) is 22.0 Å². The van der Waals surface area contributed by atoms with Crippen LogP contribution in [-0.2, 0) is 4.79 Å². The molecule has 3 aromatic carbocycles. The molecule has 1 unspecified atom stereocenters. The van der Waals surface area contributed by atoms with E-state index in [4.69, 9.17) is 12.2 Å². The minimum atomic E-state index is -0.401. The van der Waals surface area contributed by atoms with Crippen LogP contribution in [0.1, 0.15) is 35.3 Å². The molecule has 9 heteroatoms. The number of anilines is 3. The second-order valence-corrected chi connectivity index (χ2v) is 11.5. The average Bonchev–Trinajstić information content (AvgIpc) is 3.31. The molecular formula is C30H26N4O2S3. The number of nitrogens with one attached hydrogen (secondary N) is 3. The number of thiocarbonyl (C=S) groups is 1. The fourth-order valence-corrected chi connectivity index (χ4v) is 5.79. The van der Waals surface area contributed by atoms with Gasteiger partial charge in [-0.2, -0.15) is 5.26 Å². The van der Waals surface area contributed by atoms with Gasteiger partial charge in [0.05, 0.1) is 10.8 Å². The number of thiophene rings is 1. The highest BCUT2D eigenvalue weighted by atomic mass is 32.2. The smallest absolute Gasteiger partial charge is 0.238 e. The van der Waals surface area contributed by atoms with E-state index in [9.17, 15) is 14.9 Å². The van der Waals surface area contributed by atoms with Gasteiger partial charge in [0.25, 0.3) is 0 Å². The van der Waals surface area contributed by atoms with Crippen LogP contribution in [0.3, 0.4) is 0 Å². The van der Waals surface area contributed by atoms with Gasteiger partial charge in [-0.1, -0.05) is 35.9 Å². The number of nitrogens with zero attached hydrogens (tertiary/aromatic N) is 1. The molecule has 0 radical (unpaired) electrons. The zero-order valence-electron chi connectivity index (χ0n) is 21.6. The van der Waals surface area contributed by atoms with Crippen LogP contribution >= 0.6 is 35.3 Å². The maximum atomic E-state index is 13.0. The lowest BCUT2D eigenvalue weighted by atomic mass is 10.0. The van der Waals surface area contributed by atoms with Crippen molar-refractivity contribution in [3.8, 4) is 17.2 Å². The molecule has 0 saturated carbocycles. The minimum absolute atomic E-state index is 0.00682. The molecule has 196 valence electrons. The number of benzene rings is 3. The van der Waals surface area contributed by atoms with E-state index in [1.54, 1.807) is 24.3 Å². The number of aryl methyl sites for hydroxylation is 1. The van der Waals surface area contributed by atoms with Crippen molar-refractivity contribution in [2.45, 2.75) is 30.9 Å². The van der Waals surface area contributed by atoms with Crippen LogP contribution < -0.4 is 16.0 Å². The topological polar surface area (TPSA) is 94.0 Å². The molecule has 0 spiro atoms. The lowest BCUT2D eigenvalue weighted by Gasteiger charge is -2.14. The van der Waals surface area contributed by atoms with Crippen LogP contribution in [0, 0.1) is 18.3 Å². The monoisotopic (exact) mass is 570 g/mol. The van der Waals surface area contributed by atoms with Gasteiger partial charge in [0.2, 0.25) is 5.91 Å². The highest BCUT2D eigenvalue weighted by Gasteiger charge is 2.20. The third kappa shape index (κ3) is 7.33. The summed E-state index contributed by atoms with van der Waals surface area (Å²) in [5.74, 6) is -0.175. The molecule has 0 saturated heterocycles. The Balaban J connectivity index is 1.36. The van der Waals surface area contributed by atoms with E-state index in [1.807, 2.05) is 67.8 Å². The standard InChI is InChI=1S/C30H26N4O2S3/c1-18-7-9-22(10-8-18)27-17-38-29(26(27)16-31)34-28(36)20(3)39-25-6-4-5-24(15-25)33-30(37)32-23-13-11-21(12-14-23)19(2)35/h4-15,17,20H,1-3H3,(H,34,36)(H2,32,33,37). The molecule has 6 nitrogen and oxygen atoms in total. The van der Waals surface area contributed by atoms with Crippen LogP contribution in [0.4, 0.5) is 16.4 Å². The maximum Gasteiger partial charge on any atom is 0.238 e. The number of nitriles is 1. The molecule has 0 aliphatic rings. The molecule has 0 bridgehead atoms. The fourth-order valence-electron chi connectivity index (χ4n) is 3.71. The van der Waals surface area contributed by atoms with Crippen molar-refractivity contribution >= 4 is 68.5 Å². The molecule has 3 N–H and O–H groups in total. The van der Waals surface area contributed by atoms with Gasteiger partial charge in [-0.05, 0) is 81.0 Å². The number of carbonyl (C=O) groups is 2. The third-order valence-corrected chi connectivity index (χ3v) is 8.02. The van der Waals surface area contributed by atoms with Crippen molar-refractivity contribution in [1.82, 2.24) is 0 Å². The van der Waals surface area contributed by atoms with Crippen LogP contribution in [0.2, 0.25) is 0 Å². The van der Waals surface area contributed by atoms with Gasteiger partial charge >= 0.3 is 0 Å². The number of amides is 1. The lowest BCUT2D eigenvalue weighted by Crippen LogP contribution is -2.22. The molecule has 1 heterocycles. The van der Waals surface area contributed by atoms with Crippen molar-refractivity contribution in [2.75, 3.05) is 16.0 Å². The second kappa shape index (κ2) is 12.7. The van der Waals surface area contributed by atoms with Crippen molar-refractivity contribution in [1.29, 1.82) is 5.26 Å². The molecule has 0 aliphatic heterocycles. The van der Waals surface area contributed by atoms with Gasteiger partial charge in [0.1, 0.15) is 11.1 Å². The first-order valence-corrected chi connectivity index (χ1v) is 14.3. The molecule has 4 aromatic rings. The lowest BCUT2D eigenvalue weighted by molar-refractivity contribution is -0.115. The number of hydrogen-bond donors (Lipinski definition) is 3. The molecule has 0 aliphatic carbocycles. The first kappa shape index (κ1) is 28.0. The molecule has 39 heavy (non-hydrogen) atoms. The number of carbonyl (C=O) groups excluding carboxylic acids is 2. The largest absolute Gasteiger partial charge is 0.332 e. The second-order valence-electron chi connectivity index (χ2n) is 8.82. The van der Waals surface area contributed by atoms with Crippen LogP contribution in [-0.4, -0.2) is 22.1 Å². The summed E-state index contributed by atoms with van der Waals surface area (Å²) in [6.07, 6.45) is 0. The maximum absolute atomic E-state index is 13.0. The Bertz CT molecular complexity index is 1550. The Morgan fingerprint density at radius 2 is 1.67 bits per heavy atom. The van der Waals surface area contributed by atoms with Gasteiger partial charge in [0, 0.05) is 32.8 Å². The highest BCUT2D eigenvalue weighted by Crippen LogP contribution is 2.36. The van der Waals surface area contributed by atoms with E-state index < -0.39 is 5.25 Å². The summed E-state index contributed by atoms with van der Waals surface area (Å²) < 4.78 is 0. The Hall–Kier alpha value is -3.97. The number of hydrogen-bond acceptors (Lipinski definition) is 6. The third-order valence-electron chi connectivity index (χ3n) is 5.83. The number of thioether (sulfide) groups is 1. The molecular weight excluding hydrogens is 545 g/mol. The quantitative estimate of drug-likeness (QED) is 0.113. The molecule has 0 fully saturated rings. The van der Waals surface area contributed by atoms with Gasteiger partial charge in [-0.3, -0.25) is 9.59 Å². The highest BCUT2D eigenvalue weighted by molar-refractivity contribution is 8.00. The Morgan fingerprint density at radius 3 is 2.33 bits per heavy atom. The summed E-state index contributed by atoms with van der Waals surface area (Å²) in [5.41, 5.74) is 5.55. The van der Waals surface area contributed by atoms with Gasteiger partial charge in [0.15, 0.2) is 10.9 Å². The first-order chi connectivity index (χ1) is 18.7. The van der Waals surface area contributed by atoms with Crippen LogP contribution in [0.5, 0.6) is 0 Å². The number of ketones is 1. The minimum Gasteiger partial charge on any atom is -0.332 e. The summed E-state index contributed by atoms with van der Waals surface area (Å²) in [7, 11) is 0. The van der Waals surface area contributed by atoms with Gasteiger partial charge in [-0.15, -0.1) is 23.1 Å². The van der Waals surface area contributed by atoms with Crippen LogP contribution in [0.15, 0.2) is 83.1 Å². The molecule has 4 rings (SSSR count). The first-order valence-electron chi connectivity index (χ1n) is 12.1. The van der Waals surface area contributed by atoms with Gasteiger partial charge in [-0.25, -0.2) is 0 Å². The summed E-state index contributed by atoms with van der Waals surface area (Å²) in [6, 6.07) is 24.9. The van der Waals surface area contributed by atoms with Crippen molar-refractivity contribution in [3.63, 3.8) is 0 Å². The van der Waals surface area contributed by atoms with Crippen molar-refractivity contribution in [2.24, 2.45) is 0 Å². The normalized spacial score (nSPS) is 11.2. The SMILES string of the molecule is CC(=O)c1ccc(NC(=S)Nc2cccc(SC(C)C(=O)Nc3scc(-c4ccc(C)cc4)c3C#N)c2)cc1. The Morgan fingerprint density at radius 1 is 0.974 bits per heavy atom. The summed E-state index contributed by atoms with van der Waals surface area (Å²) in [6.45, 7) is 5.37. The van der Waals surface area contributed by atoms with Crippen molar-refractivity contribution < 1.29 is 9.59 Å². The zero-order chi connectivity index (χ0) is 27.9. The van der Waals surface area contributed by atoms with E-state index in [-0.39, 0.29) is 11.7 Å². The zero-order valence-corrected chi connectivity index (χ0v) is 24.0. The van der Waals surface area contributed by atoms with E-state index in [1.165, 1.54) is 30.0 Å². The predicted molar refractivity (Wildman–Crippen MR) is 166 cm³/mol. The van der Waals surface area contributed by atoms with Crippen molar-refractivity contribution in [3.05, 3.63) is 94.9 Å².